The molecule has 3 heterocycles. The van der Waals surface area contributed by atoms with Crippen LogP contribution in [-0.2, 0) is 0 Å². The second-order valence-electron chi connectivity index (χ2n) is 5.00. The Morgan fingerprint density at radius 3 is 2.77 bits per heavy atom. The molecule has 2 aromatic heterocycles. The van der Waals surface area contributed by atoms with Crippen molar-refractivity contribution in [2.45, 2.75) is 13.2 Å². The maximum atomic E-state index is 13.1. The van der Waals surface area contributed by atoms with Gasteiger partial charge in [0.25, 0.3) is 0 Å². The second-order valence-corrected chi connectivity index (χ2v) is 5.92. The molecular weight excluding hydrogens is 358 g/mol. The van der Waals surface area contributed by atoms with Crippen molar-refractivity contribution in [1.29, 1.82) is 0 Å². The molecular formula is C15H9BrF2N2O2. The van der Waals surface area contributed by atoms with Crippen LogP contribution in [0.3, 0.4) is 0 Å². The van der Waals surface area contributed by atoms with E-state index in [1.165, 1.54) is 6.07 Å². The van der Waals surface area contributed by atoms with Gasteiger partial charge in [0.1, 0.15) is 5.65 Å². The van der Waals surface area contributed by atoms with E-state index in [1.807, 2.05) is 13.0 Å². The Hall–Kier alpha value is -2.15. The molecule has 1 aliphatic heterocycles. The van der Waals surface area contributed by atoms with E-state index < -0.39 is 6.29 Å². The van der Waals surface area contributed by atoms with Gasteiger partial charge in [0.2, 0.25) is 0 Å². The Kier molecular flexibility index (Phi) is 2.72. The van der Waals surface area contributed by atoms with Crippen LogP contribution in [0, 0.1) is 6.92 Å². The number of hydrogen-bond acceptors (Lipinski definition) is 3. The summed E-state index contributed by atoms with van der Waals surface area (Å²) in [6, 6.07) is 6.68. The number of hydrogen-bond donors (Lipinski definition) is 1. The number of ether oxygens (including phenoxy) is 2. The van der Waals surface area contributed by atoms with Crippen molar-refractivity contribution in [2.24, 2.45) is 0 Å². The van der Waals surface area contributed by atoms with Gasteiger partial charge in [-0.15, -0.1) is 8.78 Å². The minimum Gasteiger partial charge on any atom is -0.395 e. The second kappa shape index (κ2) is 4.42. The van der Waals surface area contributed by atoms with Gasteiger partial charge in [-0.1, -0.05) is 6.07 Å². The fourth-order valence-electron chi connectivity index (χ4n) is 2.65. The van der Waals surface area contributed by atoms with E-state index in [9.17, 15) is 8.78 Å². The standard InChI is InChI=1S/C15H9BrF2N2O2/c1-7-13(10-5-9(16)6-19-14(10)20-7)8-2-3-11-12(4-8)22-15(17,18)21-11/h2-6H,1H3,(H,19,20). The lowest BCUT2D eigenvalue weighted by Gasteiger charge is -2.04. The highest BCUT2D eigenvalue weighted by Crippen LogP contribution is 2.44. The molecule has 1 aliphatic rings. The Morgan fingerprint density at radius 1 is 1.18 bits per heavy atom. The smallest absolute Gasteiger partial charge is 0.395 e. The van der Waals surface area contributed by atoms with Gasteiger partial charge in [0.15, 0.2) is 11.5 Å². The molecule has 112 valence electrons. The minimum absolute atomic E-state index is 0.0270. The summed E-state index contributed by atoms with van der Waals surface area (Å²) < 4.78 is 36.0. The summed E-state index contributed by atoms with van der Waals surface area (Å²) in [4.78, 5) is 7.49. The van der Waals surface area contributed by atoms with E-state index in [4.69, 9.17) is 0 Å². The minimum atomic E-state index is -3.61. The summed E-state index contributed by atoms with van der Waals surface area (Å²) in [5, 5.41) is 0.900. The zero-order chi connectivity index (χ0) is 15.5. The monoisotopic (exact) mass is 366 g/mol. The molecule has 0 spiro atoms. The van der Waals surface area contributed by atoms with Gasteiger partial charge in [0, 0.05) is 27.3 Å². The summed E-state index contributed by atoms with van der Waals surface area (Å²) in [6.45, 7) is 1.91. The van der Waals surface area contributed by atoms with Crippen LogP contribution >= 0.6 is 15.9 Å². The largest absolute Gasteiger partial charge is 0.586 e. The van der Waals surface area contributed by atoms with Gasteiger partial charge in [-0.3, -0.25) is 0 Å². The summed E-state index contributed by atoms with van der Waals surface area (Å²) in [7, 11) is 0. The number of aromatic amines is 1. The maximum Gasteiger partial charge on any atom is 0.586 e. The van der Waals surface area contributed by atoms with E-state index in [-0.39, 0.29) is 11.5 Å². The predicted molar refractivity (Wildman–Crippen MR) is 80.2 cm³/mol. The van der Waals surface area contributed by atoms with Crippen molar-refractivity contribution in [3.63, 3.8) is 0 Å². The topological polar surface area (TPSA) is 47.1 Å². The predicted octanol–water partition coefficient (Wildman–Crippen LogP) is 4.62. The normalized spacial score (nSPS) is 15.5. The first-order valence-electron chi connectivity index (χ1n) is 6.47. The molecule has 7 heteroatoms. The molecule has 1 aromatic carbocycles. The third-order valence-electron chi connectivity index (χ3n) is 3.49. The maximum absolute atomic E-state index is 13.1. The van der Waals surface area contributed by atoms with Crippen LogP contribution in [0.25, 0.3) is 22.2 Å². The molecule has 1 N–H and O–H groups in total. The highest BCUT2D eigenvalue weighted by molar-refractivity contribution is 9.10. The van der Waals surface area contributed by atoms with Gasteiger partial charge in [-0.25, -0.2) is 4.98 Å². The van der Waals surface area contributed by atoms with Crippen LogP contribution in [0.2, 0.25) is 0 Å². The quantitative estimate of drug-likeness (QED) is 0.683. The van der Waals surface area contributed by atoms with Crippen molar-refractivity contribution >= 4 is 27.0 Å². The third-order valence-corrected chi connectivity index (χ3v) is 3.93. The number of pyridine rings is 1. The molecule has 0 amide bonds. The van der Waals surface area contributed by atoms with E-state index in [2.05, 4.69) is 35.4 Å². The molecule has 0 fully saturated rings. The SMILES string of the molecule is Cc1[nH]c2ncc(Br)cc2c1-c1ccc2c(c1)OC(F)(F)O2. The molecule has 3 aromatic rings. The number of nitrogens with one attached hydrogen (secondary N) is 1. The summed E-state index contributed by atoms with van der Waals surface area (Å²) in [6.07, 6.45) is -1.91. The number of fused-ring (bicyclic) bond motifs is 2. The molecule has 0 bridgehead atoms. The zero-order valence-corrected chi connectivity index (χ0v) is 12.9. The van der Waals surface area contributed by atoms with Crippen molar-refractivity contribution in [1.82, 2.24) is 9.97 Å². The lowest BCUT2D eigenvalue weighted by Crippen LogP contribution is -2.25. The van der Waals surface area contributed by atoms with E-state index in [0.717, 1.165) is 32.3 Å². The molecule has 0 unspecified atom stereocenters. The van der Waals surface area contributed by atoms with Crippen LogP contribution in [0.15, 0.2) is 34.9 Å². The fraction of sp³-hybridized carbons (Fsp3) is 0.133. The molecule has 0 saturated carbocycles. The van der Waals surface area contributed by atoms with Gasteiger partial charge >= 0.3 is 6.29 Å². The number of aryl methyl sites for hydroxylation is 1. The number of halogens is 3. The van der Waals surface area contributed by atoms with Crippen LogP contribution in [-0.4, -0.2) is 16.3 Å². The number of H-pyrrole nitrogens is 1. The fourth-order valence-corrected chi connectivity index (χ4v) is 2.98. The van der Waals surface area contributed by atoms with Crippen molar-refractivity contribution < 1.29 is 18.3 Å². The third kappa shape index (κ3) is 2.04. The van der Waals surface area contributed by atoms with Gasteiger partial charge in [0.05, 0.1) is 0 Å². The van der Waals surface area contributed by atoms with E-state index >= 15 is 0 Å². The molecule has 4 rings (SSSR count). The van der Waals surface area contributed by atoms with Gasteiger partial charge in [-0.2, -0.15) is 0 Å². The Bertz CT molecular complexity index is 908. The number of aromatic nitrogens is 2. The Morgan fingerprint density at radius 2 is 1.95 bits per heavy atom. The summed E-state index contributed by atoms with van der Waals surface area (Å²) in [5.41, 5.74) is 3.28. The first-order valence-corrected chi connectivity index (χ1v) is 7.26. The zero-order valence-electron chi connectivity index (χ0n) is 11.3. The molecule has 22 heavy (non-hydrogen) atoms. The van der Waals surface area contributed by atoms with Crippen LogP contribution in [0.4, 0.5) is 8.78 Å². The van der Waals surface area contributed by atoms with Crippen LogP contribution < -0.4 is 9.47 Å². The number of nitrogens with zero attached hydrogens (tertiary/aromatic N) is 1. The Labute approximate surface area is 132 Å². The highest BCUT2D eigenvalue weighted by Gasteiger charge is 2.43. The molecule has 0 radical (unpaired) electrons. The first-order chi connectivity index (χ1) is 10.4. The van der Waals surface area contributed by atoms with Crippen molar-refractivity contribution in [3.05, 3.63) is 40.6 Å². The molecule has 0 saturated heterocycles. The van der Waals surface area contributed by atoms with Crippen LogP contribution in [0.1, 0.15) is 5.69 Å². The highest BCUT2D eigenvalue weighted by atomic mass is 79.9. The van der Waals surface area contributed by atoms with E-state index in [1.54, 1.807) is 18.3 Å². The van der Waals surface area contributed by atoms with Crippen molar-refractivity contribution in [2.75, 3.05) is 0 Å². The number of rotatable bonds is 1. The van der Waals surface area contributed by atoms with Crippen LogP contribution in [0.5, 0.6) is 11.5 Å². The van der Waals surface area contributed by atoms with E-state index in [0.29, 0.717) is 0 Å². The molecule has 4 nitrogen and oxygen atoms in total. The average Bonchev–Trinajstić information content (AvgIpc) is 2.91. The van der Waals surface area contributed by atoms with Crippen molar-refractivity contribution in [3.8, 4) is 22.6 Å². The number of alkyl halides is 2. The lowest BCUT2D eigenvalue weighted by molar-refractivity contribution is -0.286. The van der Waals surface area contributed by atoms with Gasteiger partial charge < -0.3 is 14.5 Å². The van der Waals surface area contributed by atoms with Gasteiger partial charge in [-0.05, 0) is 46.6 Å². The number of benzene rings is 1. The average molecular weight is 367 g/mol. The molecule has 0 atom stereocenters. The first kappa shape index (κ1) is 13.5. The Balaban J connectivity index is 1.90. The summed E-state index contributed by atoms with van der Waals surface area (Å²) in [5.74, 6) is 0.0600. The lowest BCUT2D eigenvalue weighted by atomic mass is 10.0. The summed E-state index contributed by atoms with van der Waals surface area (Å²) >= 11 is 3.39. The molecule has 0 aliphatic carbocycles.